The number of urea groups is 1. The van der Waals surface area contributed by atoms with E-state index >= 15 is 0 Å². The van der Waals surface area contributed by atoms with Crippen molar-refractivity contribution < 1.29 is 4.79 Å². The van der Waals surface area contributed by atoms with Crippen LogP contribution in [0.15, 0.2) is 48.8 Å². The summed E-state index contributed by atoms with van der Waals surface area (Å²) >= 11 is 0. The Morgan fingerprint density at radius 3 is 1.46 bits per heavy atom. The Hall–Kier alpha value is -2.83. The molecule has 0 N–H and O–H groups in total. The maximum atomic E-state index is 12.8. The number of amides is 2. The molecular formula is C21H24N6O. The highest BCUT2D eigenvalue weighted by molar-refractivity contribution is 5.77. The standard InChI is InChI=1S/C21H24N6O/c28-19(26-13-20(14-26)9-24(10-20)17-5-1-3-7-22-17)27-15-21(16-27)11-25(12-21)18-6-2-4-8-23-18/h1-8H,9-16H2. The molecule has 6 heterocycles. The lowest BCUT2D eigenvalue weighted by Gasteiger charge is -2.64. The number of nitrogens with zero attached hydrogens (tertiary/aromatic N) is 6. The summed E-state index contributed by atoms with van der Waals surface area (Å²) in [5, 5.41) is 0. The predicted molar refractivity (Wildman–Crippen MR) is 106 cm³/mol. The Kier molecular flexibility index (Phi) is 3.23. The lowest BCUT2D eigenvalue weighted by Crippen LogP contribution is -2.78. The zero-order valence-electron chi connectivity index (χ0n) is 15.9. The molecule has 0 atom stereocenters. The normalized spacial score (nSPS) is 23.7. The number of anilines is 2. The van der Waals surface area contributed by atoms with Gasteiger partial charge in [-0.1, -0.05) is 12.1 Å². The fraction of sp³-hybridized carbons (Fsp3) is 0.476. The molecular weight excluding hydrogens is 352 g/mol. The van der Waals surface area contributed by atoms with Crippen LogP contribution in [0.5, 0.6) is 0 Å². The first-order valence-corrected chi connectivity index (χ1v) is 10.00. The average molecular weight is 376 g/mol. The van der Waals surface area contributed by atoms with Crippen LogP contribution in [0, 0.1) is 10.8 Å². The summed E-state index contributed by atoms with van der Waals surface area (Å²) in [7, 11) is 0. The van der Waals surface area contributed by atoms with Crippen LogP contribution in [0.25, 0.3) is 0 Å². The summed E-state index contributed by atoms with van der Waals surface area (Å²) in [6, 6.07) is 12.3. The Bertz CT molecular complexity index is 802. The fourth-order valence-electron chi connectivity index (χ4n) is 5.33. The number of carbonyl (C=O) groups is 1. The van der Waals surface area contributed by atoms with E-state index in [0.29, 0.717) is 10.8 Å². The maximum Gasteiger partial charge on any atom is 0.320 e. The van der Waals surface area contributed by atoms with E-state index in [2.05, 4.69) is 31.9 Å². The molecule has 4 aliphatic heterocycles. The summed E-state index contributed by atoms with van der Waals surface area (Å²) in [6.07, 6.45) is 3.68. The van der Waals surface area contributed by atoms with Gasteiger partial charge >= 0.3 is 6.03 Å². The van der Waals surface area contributed by atoms with Crippen LogP contribution in [-0.2, 0) is 0 Å². The highest BCUT2D eigenvalue weighted by atomic mass is 16.2. The third-order valence-corrected chi connectivity index (χ3v) is 6.70. The largest absolute Gasteiger partial charge is 0.355 e. The molecule has 144 valence electrons. The SMILES string of the molecule is O=C(N1CC2(C1)CN(c1ccccn1)C2)N1CC2(C1)CN(c1ccccn1)C2. The minimum absolute atomic E-state index is 0.226. The summed E-state index contributed by atoms with van der Waals surface area (Å²) in [4.78, 5) is 30.3. The number of carbonyl (C=O) groups excluding carboxylic acids is 1. The van der Waals surface area contributed by atoms with Crippen molar-refractivity contribution in [3.8, 4) is 0 Å². The zero-order valence-corrected chi connectivity index (χ0v) is 15.9. The summed E-state index contributed by atoms with van der Waals surface area (Å²) in [5.74, 6) is 2.09. The molecule has 2 spiro atoms. The molecule has 0 saturated carbocycles. The molecule has 2 aromatic heterocycles. The second-order valence-electron chi connectivity index (χ2n) is 9.08. The van der Waals surface area contributed by atoms with Crippen LogP contribution in [0.1, 0.15) is 0 Å². The summed E-state index contributed by atoms with van der Waals surface area (Å²) in [6.45, 7) is 7.59. The van der Waals surface area contributed by atoms with Gasteiger partial charge in [-0.25, -0.2) is 14.8 Å². The second kappa shape index (κ2) is 5.59. The molecule has 0 radical (unpaired) electrons. The van der Waals surface area contributed by atoms with E-state index in [9.17, 15) is 4.79 Å². The van der Waals surface area contributed by atoms with Gasteiger partial charge in [0.05, 0.1) is 0 Å². The van der Waals surface area contributed by atoms with Crippen LogP contribution >= 0.6 is 0 Å². The third-order valence-electron chi connectivity index (χ3n) is 6.70. The van der Waals surface area contributed by atoms with Gasteiger partial charge < -0.3 is 19.6 Å². The summed E-state index contributed by atoms with van der Waals surface area (Å²) in [5.41, 5.74) is 0.587. The molecule has 0 bridgehead atoms. The van der Waals surface area contributed by atoms with E-state index in [-0.39, 0.29) is 6.03 Å². The van der Waals surface area contributed by atoms with E-state index in [1.165, 1.54) is 0 Å². The molecule has 0 unspecified atom stereocenters. The first-order valence-electron chi connectivity index (χ1n) is 10.00. The average Bonchev–Trinajstić information content (AvgIpc) is 2.59. The number of rotatable bonds is 2. The topological polar surface area (TPSA) is 55.8 Å². The molecule has 0 aliphatic carbocycles. The van der Waals surface area contributed by atoms with E-state index < -0.39 is 0 Å². The van der Waals surface area contributed by atoms with Crippen molar-refractivity contribution in [3.05, 3.63) is 48.8 Å². The molecule has 4 saturated heterocycles. The number of hydrogen-bond acceptors (Lipinski definition) is 5. The van der Waals surface area contributed by atoms with Gasteiger partial charge in [0.25, 0.3) is 0 Å². The second-order valence-corrected chi connectivity index (χ2v) is 9.08. The first-order chi connectivity index (χ1) is 13.6. The van der Waals surface area contributed by atoms with Gasteiger partial charge in [-0.3, -0.25) is 0 Å². The molecule has 4 aliphatic rings. The van der Waals surface area contributed by atoms with Gasteiger partial charge in [-0.2, -0.15) is 0 Å². The molecule has 4 fully saturated rings. The Balaban J connectivity index is 0.973. The number of aromatic nitrogens is 2. The van der Waals surface area contributed by atoms with Crippen molar-refractivity contribution >= 4 is 17.7 Å². The highest BCUT2D eigenvalue weighted by Crippen LogP contribution is 2.45. The van der Waals surface area contributed by atoms with E-state index in [1.807, 2.05) is 46.5 Å². The molecule has 7 nitrogen and oxygen atoms in total. The minimum Gasteiger partial charge on any atom is -0.355 e. The van der Waals surface area contributed by atoms with Gasteiger partial charge in [-0.05, 0) is 24.3 Å². The van der Waals surface area contributed by atoms with Gasteiger partial charge in [0.15, 0.2) is 0 Å². The fourth-order valence-corrected chi connectivity index (χ4v) is 5.33. The van der Waals surface area contributed by atoms with Crippen molar-refractivity contribution in [1.82, 2.24) is 19.8 Å². The van der Waals surface area contributed by atoms with Crippen LogP contribution in [0.4, 0.5) is 16.4 Å². The highest BCUT2D eigenvalue weighted by Gasteiger charge is 2.58. The van der Waals surface area contributed by atoms with Crippen LogP contribution in [-0.4, -0.2) is 78.2 Å². The van der Waals surface area contributed by atoms with Gasteiger partial charge in [0, 0.05) is 75.6 Å². The Morgan fingerprint density at radius 1 is 0.679 bits per heavy atom. The van der Waals surface area contributed by atoms with Gasteiger partial charge in [0.1, 0.15) is 11.6 Å². The molecule has 28 heavy (non-hydrogen) atoms. The number of pyridine rings is 2. The number of likely N-dealkylation sites (tertiary alicyclic amines) is 2. The van der Waals surface area contributed by atoms with Crippen molar-refractivity contribution in [2.45, 2.75) is 0 Å². The minimum atomic E-state index is 0.226. The van der Waals surface area contributed by atoms with Gasteiger partial charge in [-0.15, -0.1) is 0 Å². The van der Waals surface area contributed by atoms with E-state index in [4.69, 9.17) is 0 Å². The van der Waals surface area contributed by atoms with Crippen molar-refractivity contribution in [1.29, 1.82) is 0 Å². The Labute approximate surface area is 164 Å². The monoisotopic (exact) mass is 376 g/mol. The Morgan fingerprint density at radius 2 is 1.11 bits per heavy atom. The molecule has 0 aromatic carbocycles. The molecule has 2 aromatic rings. The van der Waals surface area contributed by atoms with Crippen LogP contribution in [0.3, 0.4) is 0 Å². The quantitative estimate of drug-likeness (QED) is 0.796. The van der Waals surface area contributed by atoms with Crippen LogP contribution in [0.2, 0.25) is 0 Å². The lowest BCUT2D eigenvalue weighted by atomic mass is 9.71. The first kappa shape index (κ1) is 16.2. The van der Waals surface area contributed by atoms with Crippen molar-refractivity contribution in [2.24, 2.45) is 10.8 Å². The van der Waals surface area contributed by atoms with Crippen LogP contribution < -0.4 is 9.80 Å². The number of hydrogen-bond donors (Lipinski definition) is 0. The molecule has 7 heteroatoms. The predicted octanol–water partition coefficient (Wildman–Crippen LogP) is 1.54. The summed E-state index contributed by atoms with van der Waals surface area (Å²) < 4.78 is 0. The third kappa shape index (κ3) is 2.38. The van der Waals surface area contributed by atoms with Crippen molar-refractivity contribution in [2.75, 3.05) is 62.2 Å². The zero-order chi connectivity index (χ0) is 18.8. The van der Waals surface area contributed by atoms with E-state index in [0.717, 1.165) is 64.0 Å². The maximum absolute atomic E-state index is 12.8. The van der Waals surface area contributed by atoms with E-state index in [1.54, 1.807) is 0 Å². The van der Waals surface area contributed by atoms with Crippen molar-refractivity contribution in [3.63, 3.8) is 0 Å². The molecule has 6 rings (SSSR count). The lowest BCUT2D eigenvalue weighted by molar-refractivity contribution is -0.0443. The molecule has 2 amide bonds. The smallest absolute Gasteiger partial charge is 0.320 e. The van der Waals surface area contributed by atoms with Gasteiger partial charge in [0.2, 0.25) is 0 Å².